The van der Waals surface area contributed by atoms with Crippen molar-refractivity contribution in [1.82, 2.24) is 15.3 Å². The zero-order chi connectivity index (χ0) is 9.80. The van der Waals surface area contributed by atoms with Gasteiger partial charge in [0.25, 0.3) is 0 Å². The fourth-order valence-electron chi connectivity index (χ4n) is 1.43. The summed E-state index contributed by atoms with van der Waals surface area (Å²) in [6.07, 6.45) is 6.06. The van der Waals surface area contributed by atoms with Gasteiger partial charge in [-0.15, -0.1) is 0 Å². The number of nitrogens with one attached hydrogen (secondary N) is 2. The molecular formula is C10H13N3O. The topological polar surface area (TPSA) is 53.9 Å². The van der Waals surface area contributed by atoms with Gasteiger partial charge >= 0.3 is 0 Å². The summed E-state index contributed by atoms with van der Waals surface area (Å²) in [7, 11) is 1.91. The van der Waals surface area contributed by atoms with Crippen molar-refractivity contribution in [2.24, 2.45) is 0 Å². The molecule has 2 rings (SSSR count). The van der Waals surface area contributed by atoms with Gasteiger partial charge in [-0.1, -0.05) is 0 Å². The molecule has 2 N–H and O–H groups in total. The van der Waals surface area contributed by atoms with Crippen molar-refractivity contribution in [2.75, 3.05) is 7.05 Å². The number of rotatable bonds is 4. The summed E-state index contributed by atoms with van der Waals surface area (Å²) in [6, 6.07) is 4.04. The van der Waals surface area contributed by atoms with Crippen LogP contribution in [0.15, 0.2) is 35.2 Å². The maximum atomic E-state index is 5.28. The van der Waals surface area contributed by atoms with Gasteiger partial charge in [0.2, 0.25) is 0 Å². The fraction of sp³-hybridized carbons (Fsp3) is 0.300. The van der Waals surface area contributed by atoms with E-state index in [-0.39, 0.29) is 6.04 Å². The lowest BCUT2D eigenvalue weighted by Gasteiger charge is -2.11. The van der Waals surface area contributed by atoms with Gasteiger partial charge in [-0.05, 0) is 19.2 Å². The first-order chi connectivity index (χ1) is 6.90. The summed E-state index contributed by atoms with van der Waals surface area (Å²) >= 11 is 0. The molecule has 0 bridgehead atoms. The first kappa shape index (κ1) is 9.02. The summed E-state index contributed by atoms with van der Waals surface area (Å²) in [4.78, 5) is 7.29. The van der Waals surface area contributed by atoms with Crippen LogP contribution in [0.3, 0.4) is 0 Å². The summed E-state index contributed by atoms with van der Waals surface area (Å²) in [5.74, 6) is 1.89. The van der Waals surface area contributed by atoms with Crippen molar-refractivity contribution in [3.8, 4) is 0 Å². The Balaban J connectivity index is 2.08. The molecule has 0 fully saturated rings. The maximum absolute atomic E-state index is 5.28. The minimum Gasteiger partial charge on any atom is -0.469 e. The molecule has 0 aromatic carbocycles. The molecule has 0 aliphatic heterocycles. The van der Waals surface area contributed by atoms with E-state index in [2.05, 4.69) is 15.3 Å². The van der Waals surface area contributed by atoms with Gasteiger partial charge in [0, 0.05) is 18.8 Å². The average molecular weight is 191 g/mol. The Morgan fingerprint density at radius 1 is 1.64 bits per heavy atom. The number of furan rings is 1. The lowest BCUT2D eigenvalue weighted by molar-refractivity contribution is 0.457. The number of aromatic nitrogens is 2. The van der Waals surface area contributed by atoms with Crippen molar-refractivity contribution in [2.45, 2.75) is 12.5 Å². The van der Waals surface area contributed by atoms with Crippen molar-refractivity contribution >= 4 is 0 Å². The molecule has 1 atom stereocenters. The monoisotopic (exact) mass is 191 g/mol. The highest BCUT2D eigenvalue weighted by molar-refractivity contribution is 5.05. The van der Waals surface area contributed by atoms with Gasteiger partial charge < -0.3 is 14.7 Å². The molecule has 1 unspecified atom stereocenters. The standard InChI is InChI=1S/C10H13N3O/c1-11-9(10-12-4-5-13-10)7-8-3-2-6-14-8/h2-6,9,11H,7H2,1H3,(H,12,13). The van der Waals surface area contributed by atoms with Crippen LogP contribution in [-0.4, -0.2) is 17.0 Å². The summed E-state index contributed by atoms with van der Waals surface area (Å²) in [5, 5.41) is 3.19. The molecule has 2 aromatic heterocycles. The molecule has 4 nitrogen and oxygen atoms in total. The van der Waals surface area contributed by atoms with Gasteiger partial charge in [-0.3, -0.25) is 0 Å². The minimum absolute atomic E-state index is 0.177. The van der Waals surface area contributed by atoms with E-state index in [1.165, 1.54) is 0 Å². The zero-order valence-corrected chi connectivity index (χ0v) is 8.03. The van der Waals surface area contributed by atoms with Gasteiger partial charge in [-0.2, -0.15) is 0 Å². The van der Waals surface area contributed by atoms with Gasteiger partial charge in [0.1, 0.15) is 11.6 Å². The van der Waals surface area contributed by atoms with Crippen molar-refractivity contribution in [3.63, 3.8) is 0 Å². The number of imidazole rings is 1. The molecule has 0 radical (unpaired) electrons. The largest absolute Gasteiger partial charge is 0.469 e. The highest BCUT2D eigenvalue weighted by Gasteiger charge is 2.13. The number of aromatic amines is 1. The van der Waals surface area contributed by atoms with Crippen LogP contribution in [0.2, 0.25) is 0 Å². The molecule has 4 heteroatoms. The van der Waals surface area contributed by atoms with E-state index in [9.17, 15) is 0 Å². The van der Waals surface area contributed by atoms with Crippen LogP contribution in [0.4, 0.5) is 0 Å². The van der Waals surface area contributed by atoms with Gasteiger partial charge in [0.05, 0.1) is 12.3 Å². The first-order valence-electron chi connectivity index (χ1n) is 4.59. The van der Waals surface area contributed by atoms with Crippen LogP contribution >= 0.6 is 0 Å². The zero-order valence-electron chi connectivity index (χ0n) is 8.03. The molecule has 0 aliphatic rings. The van der Waals surface area contributed by atoms with E-state index in [0.717, 1.165) is 18.0 Å². The molecule has 2 aromatic rings. The Labute approximate surface area is 82.4 Å². The summed E-state index contributed by atoms with van der Waals surface area (Å²) < 4.78 is 5.28. The molecular weight excluding hydrogens is 178 g/mol. The average Bonchev–Trinajstić information content (AvgIpc) is 2.86. The second-order valence-electron chi connectivity index (χ2n) is 3.10. The van der Waals surface area contributed by atoms with Crippen LogP contribution in [0.1, 0.15) is 17.6 Å². The van der Waals surface area contributed by atoms with E-state index in [1.807, 2.05) is 25.4 Å². The number of H-pyrrole nitrogens is 1. The lowest BCUT2D eigenvalue weighted by Crippen LogP contribution is -2.19. The molecule has 74 valence electrons. The summed E-state index contributed by atoms with van der Waals surface area (Å²) in [5.41, 5.74) is 0. The van der Waals surface area contributed by atoms with Crippen LogP contribution in [-0.2, 0) is 6.42 Å². The number of likely N-dealkylation sites (N-methyl/N-ethyl adjacent to an activating group) is 1. The number of hydrogen-bond acceptors (Lipinski definition) is 3. The third kappa shape index (κ3) is 1.85. The Hall–Kier alpha value is -1.55. The molecule has 0 saturated heterocycles. The first-order valence-corrected chi connectivity index (χ1v) is 4.59. The minimum atomic E-state index is 0.177. The fourth-order valence-corrected chi connectivity index (χ4v) is 1.43. The van der Waals surface area contributed by atoms with E-state index in [4.69, 9.17) is 4.42 Å². The van der Waals surface area contributed by atoms with Gasteiger partial charge in [-0.25, -0.2) is 4.98 Å². The van der Waals surface area contributed by atoms with Crippen LogP contribution in [0.5, 0.6) is 0 Å². The summed E-state index contributed by atoms with van der Waals surface area (Å²) in [6.45, 7) is 0. The maximum Gasteiger partial charge on any atom is 0.123 e. The molecule has 2 heterocycles. The highest BCUT2D eigenvalue weighted by atomic mass is 16.3. The van der Waals surface area contributed by atoms with Crippen molar-refractivity contribution in [1.29, 1.82) is 0 Å². The molecule has 14 heavy (non-hydrogen) atoms. The second-order valence-corrected chi connectivity index (χ2v) is 3.10. The molecule has 0 spiro atoms. The van der Waals surface area contributed by atoms with E-state index < -0.39 is 0 Å². The molecule has 0 aliphatic carbocycles. The Morgan fingerprint density at radius 3 is 3.14 bits per heavy atom. The third-order valence-corrected chi connectivity index (χ3v) is 2.18. The third-order valence-electron chi connectivity index (χ3n) is 2.18. The van der Waals surface area contributed by atoms with Crippen LogP contribution < -0.4 is 5.32 Å². The van der Waals surface area contributed by atoms with Gasteiger partial charge in [0.15, 0.2) is 0 Å². The predicted octanol–water partition coefficient (Wildman–Crippen LogP) is 1.51. The van der Waals surface area contributed by atoms with Crippen molar-refractivity contribution in [3.05, 3.63) is 42.4 Å². The Kier molecular flexibility index (Phi) is 2.65. The van der Waals surface area contributed by atoms with Crippen LogP contribution in [0, 0.1) is 0 Å². The normalized spacial score (nSPS) is 12.9. The molecule has 0 saturated carbocycles. The van der Waals surface area contributed by atoms with E-state index >= 15 is 0 Å². The lowest BCUT2D eigenvalue weighted by atomic mass is 10.1. The molecule has 0 amide bonds. The number of nitrogens with zero attached hydrogens (tertiary/aromatic N) is 1. The van der Waals surface area contributed by atoms with E-state index in [1.54, 1.807) is 12.5 Å². The Bertz CT molecular complexity index is 353. The van der Waals surface area contributed by atoms with Crippen molar-refractivity contribution < 1.29 is 4.42 Å². The SMILES string of the molecule is CNC(Cc1ccco1)c1ncc[nH]1. The quantitative estimate of drug-likeness (QED) is 0.770. The predicted molar refractivity (Wildman–Crippen MR) is 52.8 cm³/mol. The highest BCUT2D eigenvalue weighted by Crippen LogP contribution is 2.14. The Morgan fingerprint density at radius 2 is 2.57 bits per heavy atom. The van der Waals surface area contributed by atoms with Crippen LogP contribution in [0.25, 0.3) is 0 Å². The van der Waals surface area contributed by atoms with E-state index in [0.29, 0.717) is 0 Å². The smallest absolute Gasteiger partial charge is 0.123 e. The number of hydrogen-bond donors (Lipinski definition) is 2. The second kappa shape index (κ2) is 4.11.